The first-order chi connectivity index (χ1) is 20.7. The fraction of sp³-hybridized carbons (Fsp3) is 0.219. The van der Waals surface area contributed by atoms with Crippen LogP contribution >= 0.6 is 34.5 Å². The lowest BCUT2D eigenvalue weighted by atomic mass is 9.95. The second kappa shape index (κ2) is 13.1. The first-order valence-corrected chi connectivity index (χ1v) is 14.9. The average molecular weight is 640 g/mol. The zero-order valence-electron chi connectivity index (χ0n) is 23.9. The third-order valence-electron chi connectivity index (χ3n) is 6.79. The second-order valence-corrected chi connectivity index (χ2v) is 11.4. The Kier molecular flexibility index (Phi) is 9.25. The molecule has 0 amide bonds. The number of benzene rings is 3. The summed E-state index contributed by atoms with van der Waals surface area (Å²) in [5.74, 6) is 0.985. The summed E-state index contributed by atoms with van der Waals surface area (Å²) in [5.41, 5.74) is 2.57. The fourth-order valence-corrected chi connectivity index (χ4v) is 6.15. The molecule has 1 aliphatic rings. The quantitative estimate of drug-likeness (QED) is 0.219. The molecule has 8 nitrogen and oxygen atoms in total. The minimum atomic E-state index is -0.859. The average Bonchev–Trinajstić information content (AvgIpc) is 3.30. The van der Waals surface area contributed by atoms with Gasteiger partial charge in [0.2, 0.25) is 0 Å². The molecule has 2 heterocycles. The van der Waals surface area contributed by atoms with Gasteiger partial charge in [-0.1, -0.05) is 52.7 Å². The van der Waals surface area contributed by atoms with Crippen molar-refractivity contribution in [2.75, 3.05) is 20.8 Å². The van der Waals surface area contributed by atoms with Crippen LogP contribution in [-0.4, -0.2) is 31.4 Å². The molecule has 1 atom stereocenters. The molecule has 5 rings (SSSR count). The lowest BCUT2D eigenvalue weighted by Gasteiger charge is -2.25. The van der Waals surface area contributed by atoms with Crippen LogP contribution in [0, 0.1) is 0 Å². The molecule has 0 radical (unpaired) electrons. The molecule has 0 N–H and O–H groups in total. The summed E-state index contributed by atoms with van der Waals surface area (Å²) in [6.45, 7) is 4.37. The Labute approximate surface area is 262 Å². The molecule has 0 fully saturated rings. The number of methoxy groups -OCH3 is 2. The molecular weight excluding hydrogens is 611 g/mol. The summed E-state index contributed by atoms with van der Waals surface area (Å²) in [6.07, 6.45) is 1.76. The maximum absolute atomic E-state index is 14.0. The highest BCUT2D eigenvalue weighted by molar-refractivity contribution is 7.07. The Morgan fingerprint density at radius 1 is 0.977 bits per heavy atom. The number of nitrogens with zero attached hydrogens (tertiary/aromatic N) is 2. The van der Waals surface area contributed by atoms with Crippen LogP contribution in [0.2, 0.25) is 10.0 Å². The van der Waals surface area contributed by atoms with Gasteiger partial charge in [-0.3, -0.25) is 9.36 Å². The SMILES string of the molecule is CCOc1cc(/C=c2\sc3n(c2=O)[C@@H](c2cc(Cl)ccc2OC)C(C(=O)OC)=C(C)N=3)ccc1OCc1ccc(Cl)cc1. The molecule has 0 unspecified atom stereocenters. The molecule has 0 aliphatic carbocycles. The summed E-state index contributed by atoms with van der Waals surface area (Å²) in [6, 6.07) is 17.1. The van der Waals surface area contributed by atoms with Crippen LogP contribution in [-0.2, 0) is 16.1 Å². The third kappa shape index (κ3) is 6.34. The molecular formula is C32H28Cl2N2O6S. The molecule has 4 aromatic rings. The number of rotatable bonds is 9. The molecule has 0 bridgehead atoms. The Hall–Kier alpha value is -4.05. The van der Waals surface area contributed by atoms with Gasteiger partial charge >= 0.3 is 5.97 Å². The number of fused-ring (bicyclic) bond motifs is 1. The Balaban J connectivity index is 1.58. The van der Waals surface area contributed by atoms with Gasteiger partial charge in [0, 0.05) is 15.6 Å². The summed E-state index contributed by atoms with van der Waals surface area (Å²) in [5, 5.41) is 1.08. The van der Waals surface area contributed by atoms with Crippen molar-refractivity contribution in [3.8, 4) is 17.2 Å². The lowest BCUT2D eigenvalue weighted by Crippen LogP contribution is -2.40. The van der Waals surface area contributed by atoms with Gasteiger partial charge in [0.1, 0.15) is 18.4 Å². The van der Waals surface area contributed by atoms with Gasteiger partial charge in [-0.2, -0.15) is 0 Å². The highest BCUT2D eigenvalue weighted by atomic mass is 35.5. The van der Waals surface area contributed by atoms with E-state index in [9.17, 15) is 9.59 Å². The van der Waals surface area contributed by atoms with E-state index >= 15 is 0 Å². The monoisotopic (exact) mass is 638 g/mol. The first-order valence-electron chi connectivity index (χ1n) is 13.3. The largest absolute Gasteiger partial charge is 0.496 e. The van der Waals surface area contributed by atoms with E-state index in [1.165, 1.54) is 30.1 Å². The Morgan fingerprint density at radius 3 is 2.40 bits per heavy atom. The molecule has 1 aromatic heterocycles. The first kappa shape index (κ1) is 30.4. The van der Waals surface area contributed by atoms with Gasteiger partial charge in [0.05, 0.1) is 36.6 Å². The number of thiazole rings is 1. The number of carbonyl (C=O) groups excluding carboxylic acids is 1. The van der Waals surface area contributed by atoms with Crippen LogP contribution < -0.4 is 29.1 Å². The van der Waals surface area contributed by atoms with Gasteiger partial charge < -0.3 is 18.9 Å². The predicted octanol–water partition coefficient (Wildman–Crippen LogP) is 5.70. The number of carbonyl (C=O) groups is 1. The zero-order chi connectivity index (χ0) is 30.7. The zero-order valence-corrected chi connectivity index (χ0v) is 26.2. The standard InChI is InChI=1S/C32H28Cl2N2O6S/c1-5-41-26-14-20(8-12-25(26)42-17-19-6-9-21(33)10-7-19)15-27-30(37)36-29(23-16-22(34)11-13-24(23)39-3)28(31(38)40-4)18(2)35-32(36)43-27/h6-16,29H,5,17H2,1-4H3/b27-15-/t29-/m0/s1. The van der Waals surface area contributed by atoms with E-state index in [2.05, 4.69) is 4.99 Å². The second-order valence-electron chi connectivity index (χ2n) is 9.51. The molecule has 0 saturated carbocycles. The molecule has 0 spiro atoms. The molecule has 222 valence electrons. The van der Waals surface area contributed by atoms with Crippen molar-refractivity contribution in [1.82, 2.24) is 4.57 Å². The minimum Gasteiger partial charge on any atom is -0.496 e. The summed E-state index contributed by atoms with van der Waals surface area (Å²) < 4.78 is 24.5. The van der Waals surface area contributed by atoms with Gasteiger partial charge in [-0.05, 0) is 73.5 Å². The van der Waals surface area contributed by atoms with Crippen molar-refractivity contribution >= 4 is 46.6 Å². The van der Waals surface area contributed by atoms with Crippen molar-refractivity contribution in [3.05, 3.63) is 118 Å². The van der Waals surface area contributed by atoms with E-state index in [1.807, 2.05) is 49.4 Å². The number of aromatic nitrogens is 1. The Bertz CT molecular complexity index is 1900. The number of esters is 1. The highest BCUT2D eigenvalue weighted by Gasteiger charge is 2.35. The fourth-order valence-electron chi connectivity index (χ4n) is 4.80. The van der Waals surface area contributed by atoms with E-state index in [1.54, 1.807) is 31.2 Å². The summed E-state index contributed by atoms with van der Waals surface area (Å²) >= 11 is 13.6. The van der Waals surface area contributed by atoms with E-state index < -0.39 is 12.0 Å². The third-order valence-corrected chi connectivity index (χ3v) is 8.26. The van der Waals surface area contributed by atoms with E-state index in [4.69, 9.17) is 42.1 Å². The number of hydrogen-bond donors (Lipinski definition) is 0. The van der Waals surface area contributed by atoms with Crippen LogP contribution in [0.15, 0.2) is 81.7 Å². The number of allylic oxidation sites excluding steroid dienone is 1. The Morgan fingerprint density at radius 2 is 1.70 bits per heavy atom. The summed E-state index contributed by atoms with van der Waals surface area (Å²) in [7, 11) is 2.81. The molecule has 0 saturated heterocycles. The van der Waals surface area contributed by atoms with Crippen molar-refractivity contribution in [2.45, 2.75) is 26.5 Å². The van der Waals surface area contributed by atoms with Crippen molar-refractivity contribution in [3.63, 3.8) is 0 Å². The predicted molar refractivity (Wildman–Crippen MR) is 167 cm³/mol. The van der Waals surface area contributed by atoms with Crippen LogP contribution in [0.5, 0.6) is 17.2 Å². The normalized spacial score (nSPS) is 14.7. The molecule has 11 heteroatoms. The summed E-state index contributed by atoms with van der Waals surface area (Å²) in [4.78, 5) is 32.0. The maximum Gasteiger partial charge on any atom is 0.338 e. The van der Waals surface area contributed by atoms with Gasteiger partial charge in [0.15, 0.2) is 16.3 Å². The van der Waals surface area contributed by atoms with Gasteiger partial charge in [-0.15, -0.1) is 0 Å². The molecule has 43 heavy (non-hydrogen) atoms. The smallest absolute Gasteiger partial charge is 0.338 e. The van der Waals surface area contributed by atoms with Crippen molar-refractivity contribution < 1.29 is 23.7 Å². The van der Waals surface area contributed by atoms with Crippen LogP contribution in [0.1, 0.15) is 36.6 Å². The van der Waals surface area contributed by atoms with E-state index in [0.717, 1.165) is 11.1 Å². The van der Waals surface area contributed by atoms with Gasteiger partial charge in [0.25, 0.3) is 5.56 Å². The minimum absolute atomic E-state index is 0.225. The van der Waals surface area contributed by atoms with Crippen LogP contribution in [0.4, 0.5) is 0 Å². The van der Waals surface area contributed by atoms with Crippen LogP contribution in [0.3, 0.4) is 0 Å². The van der Waals surface area contributed by atoms with Crippen molar-refractivity contribution in [2.24, 2.45) is 4.99 Å². The van der Waals surface area contributed by atoms with Gasteiger partial charge in [-0.25, -0.2) is 9.79 Å². The molecule has 3 aromatic carbocycles. The van der Waals surface area contributed by atoms with E-state index in [-0.39, 0.29) is 11.1 Å². The van der Waals surface area contributed by atoms with E-state index in [0.29, 0.717) is 61.1 Å². The number of halogens is 2. The topological polar surface area (TPSA) is 88.4 Å². The maximum atomic E-state index is 14.0. The highest BCUT2D eigenvalue weighted by Crippen LogP contribution is 2.37. The number of ether oxygens (including phenoxy) is 4. The van der Waals surface area contributed by atoms with Crippen molar-refractivity contribution in [1.29, 1.82) is 0 Å². The number of hydrogen-bond acceptors (Lipinski definition) is 8. The molecule has 1 aliphatic heterocycles. The van der Waals surface area contributed by atoms with Crippen LogP contribution in [0.25, 0.3) is 6.08 Å². The lowest BCUT2D eigenvalue weighted by molar-refractivity contribution is -0.136.